The van der Waals surface area contributed by atoms with Gasteiger partial charge in [0.25, 0.3) is 5.91 Å². The number of H-pyrrole nitrogens is 1. The number of morpholine rings is 1. The molecule has 1 saturated heterocycles. The van der Waals surface area contributed by atoms with E-state index >= 15 is 0 Å². The number of carbonyl (C=O) groups is 1. The molecule has 0 radical (unpaired) electrons. The van der Waals surface area contributed by atoms with Gasteiger partial charge in [-0.2, -0.15) is 0 Å². The van der Waals surface area contributed by atoms with E-state index in [1.165, 1.54) is 0 Å². The molecule has 170 valence electrons. The van der Waals surface area contributed by atoms with Gasteiger partial charge in [0.2, 0.25) is 0 Å². The second kappa shape index (κ2) is 10.5. The smallest absolute Gasteiger partial charge is 0.251 e. The first-order chi connectivity index (χ1) is 15.7. The molecule has 1 aliphatic rings. The van der Waals surface area contributed by atoms with Crippen molar-refractivity contribution in [3.8, 4) is 22.9 Å². The molecule has 0 atom stereocenters. The van der Waals surface area contributed by atoms with Crippen LogP contribution in [0.5, 0.6) is 11.5 Å². The Kier molecular flexibility index (Phi) is 7.24. The lowest BCUT2D eigenvalue weighted by Gasteiger charge is -2.26. The van der Waals surface area contributed by atoms with Crippen molar-refractivity contribution in [2.24, 2.45) is 0 Å². The zero-order valence-corrected chi connectivity index (χ0v) is 18.6. The summed E-state index contributed by atoms with van der Waals surface area (Å²) in [5, 5.41) is 3.01. The number of imidazole rings is 1. The summed E-state index contributed by atoms with van der Waals surface area (Å²) in [6, 6.07) is 11.2. The maximum Gasteiger partial charge on any atom is 0.251 e. The summed E-state index contributed by atoms with van der Waals surface area (Å²) in [7, 11) is 1.63. The predicted molar refractivity (Wildman–Crippen MR) is 123 cm³/mol. The summed E-state index contributed by atoms with van der Waals surface area (Å²) in [6.45, 7) is 7.51. The number of aromatic nitrogens is 2. The van der Waals surface area contributed by atoms with Crippen molar-refractivity contribution in [2.45, 2.75) is 13.3 Å². The Bertz CT molecular complexity index is 1060. The lowest BCUT2D eigenvalue weighted by molar-refractivity contribution is 0.0374. The highest BCUT2D eigenvalue weighted by Crippen LogP contribution is 2.31. The van der Waals surface area contributed by atoms with E-state index < -0.39 is 0 Å². The Morgan fingerprint density at radius 2 is 2.06 bits per heavy atom. The molecular weight excluding hydrogens is 408 g/mol. The van der Waals surface area contributed by atoms with E-state index in [0.29, 0.717) is 30.3 Å². The van der Waals surface area contributed by atoms with Crippen LogP contribution in [-0.4, -0.2) is 73.9 Å². The molecule has 0 bridgehead atoms. The lowest BCUT2D eigenvalue weighted by Crippen LogP contribution is -2.38. The fraction of sp³-hybridized carbons (Fsp3) is 0.417. The molecule has 0 saturated carbocycles. The summed E-state index contributed by atoms with van der Waals surface area (Å²) in [5.41, 5.74) is 3.10. The lowest BCUT2D eigenvalue weighted by atomic mass is 10.1. The van der Waals surface area contributed by atoms with Crippen LogP contribution < -0.4 is 14.8 Å². The molecule has 2 heterocycles. The first-order valence-corrected chi connectivity index (χ1v) is 11.1. The molecule has 1 amide bonds. The minimum atomic E-state index is -0.103. The van der Waals surface area contributed by atoms with Crippen molar-refractivity contribution in [1.29, 1.82) is 0 Å². The molecule has 1 fully saturated rings. The zero-order chi connectivity index (χ0) is 22.3. The molecular formula is C24H30N4O4. The van der Waals surface area contributed by atoms with Gasteiger partial charge in [-0.3, -0.25) is 9.69 Å². The van der Waals surface area contributed by atoms with E-state index in [4.69, 9.17) is 14.2 Å². The quantitative estimate of drug-likeness (QED) is 0.499. The van der Waals surface area contributed by atoms with Gasteiger partial charge in [-0.15, -0.1) is 0 Å². The number of nitrogens with zero attached hydrogens (tertiary/aromatic N) is 2. The molecule has 1 aromatic heterocycles. The van der Waals surface area contributed by atoms with Crippen LogP contribution in [0.15, 0.2) is 36.4 Å². The molecule has 0 unspecified atom stereocenters. The van der Waals surface area contributed by atoms with Crippen LogP contribution in [-0.2, 0) is 4.74 Å². The second-order valence-electron chi connectivity index (χ2n) is 7.68. The largest absolute Gasteiger partial charge is 0.497 e. The summed E-state index contributed by atoms with van der Waals surface area (Å²) in [5.74, 6) is 1.96. The fourth-order valence-electron chi connectivity index (χ4n) is 3.81. The van der Waals surface area contributed by atoms with E-state index in [1.54, 1.807) is 13.2 Å². The number of hydrogen-bond donors (Lipinski definition) is 2. The first-order valence-electron chi connectivity index (χ1n) is 11.1. The SMILES string of the molecule is CCOc1cc(C(=O)NCCCN2CCOCC2)ccc1-c1nc2cc(OC)ccc2[nH]1. The number of nitrogens with one attached hydrogen (secondary N) is 2. The molecule has 0 aliphatic carbocycles. The summed E-state index contributed by atoms with van der Waals surface area (Å²) in [4.78, 5) is 23.0. The highest BCUT2D eigenvalue weighted by Gasteiger charge is 2.15. The van der Waals surface area contributed by atoms with Gasteiger partial charge in [-0.05, 0) is 50.2 Å². The monoisotopic (exact) mass is 438 g/mol. The second-order valence-corrected chi connectivity index (χ2v) is 7.68. The van der Waals surface area contributed by atoms with Crippen LogP contribution in [0.4, 0.5) is 0 Å². The third-order valence-corrected chi connectivity index (χ3v) is 5.53. The van der Waals surface area contributed by atoms with Crippen LogP contribution in [0, 0.1) is 0 Å². The molecule has 3 aromatic rings. The average Bonchev–Trinajstić information content (AvgIpc) is 3.25. The molecule has 2 aromatic carbocycles. The van der Waals surface area contributed by atoms with Crippen molar-refractivity contribution in [1.82, 2.24) is 20.2 Å². The number of methoxy groups -OCH3 is 1. The molecule has 4 rings (SSSR count). The molecule has 32 heavy (non-hydrogen) atoms. The minimum Gasteiger partial charge on any atom is -0.497 e. The standard InChI is InChI=1S/C24H30N4O4/c1-3-32-22-15-17(24(29)25-9-4-10-28-11-13-31-14-12-28)5-7-19(22)23-26-20-8-6-18(30-2)16-21(20)27-23/h5-8,15-16H,3-4,9-14H2,1-2H3,(H,25,29)(H,26,27). The van der Waals surface area contributed by atoms with Crippen molar-refractivity contribution < 1.29 is 19.0 Å². The van der Waals surface area contributed by atoms with E-state index in [2.05, 4.69) is 20.2 Å². The van der Waals surface area contributed by atoms with Gasteiger partial charge in [0.1, 0.15) is 17.3 Å². The Labute approximate surface area is 187 Å². The summed E-state index contributed by atoms with van der Waals surface area (Å²) < 4.78 is 16.5. The summed E-state index contributed by atoms with van der Waals surface area (Å²) in [6.07, 6.45) is 0.907. The van der Waals surface area contributed by atoms with E-state index in [9.17, 15) is 4.79 Å². The Hall–Kier alpha value is -3.10. The third kappa shape index (κ3) is 5.20. The van der Waals surface area contributed by atoms with Crippen LogP contribution in [0.1, 0.15) is 23.7 Å². The number of carbonyl (C=O) groups excluding carboxylic acids is 1. The van der Waals surface area contributed by atoms with Gasteiger partial charge >= 0.3 is 0 Å². The molecule has 2 N–H and O–H groups in total. The number of amides is 1. The van der Waals surface area contributed by atoms with E-state index in [0.717, 1.165) is 61.6 Å². The zero-order valence-electron chi connectivity index (χ0n) is 18.6. The number of rotatable bonds is 9. The summed E-state index contributed by atoms with van der Waals surface area (Å²) >= 11 is 0. The maximum atomic E-state index is 12.7. The predicted octanol–water partition coefficient (Wildman–Crippen LogP) is 3.09. The van der Waals surface area contributed by atoms with Crippen molar-refractivity contribution in [3.63, 3.8) is 0 Å². The maximum absolute atomic E-state index is 12.7. The van der Waals surface area contributed by atoms with Crippen molar-refractivity contribution in [2.75, 3.05) is 53.1 Å². The topological polar surface area (TPSA) is 88.7 Å². The fourth-order valence-corrected chi connectivity index (χ4v) is 3.81. The van der Waals surface area contributed by atoms with Gasteiger partial charge in [0.15, 0.2) is 0 Å². The number of ether oxygens (including phenoxy) is 3. The number of fused-ring (bicyclic) bond motifs is 1. The van der Waals surface area contributed by atoms with Crippen molar-refractivity contribution >= 4 is 16.9 Å². The number of hydrogen-bond acceptors (Lipinski definition) is 6. The Morgan fingerprint density at radius 1 is 1.22 bits per heavy atom. The minimum absolute atomic E-state index is 0.103. The average molecular weight is 439 g/mol. The molecule has 1 aliphatic heterocycles. The Morgan fingerprint density at radius 3 is 2.84 bits per heavy atom. The van der Waals surface area contributed by atoms with Crippen LogP contribution in [0.3, 0.4) is 0 Å². The van der Waals surface area contributed by atoms with E-state index in [-0.39, 0.29) is 5.91 Å². The van der Waals surface area contributed by atoms with Crippen LogP contribution in [0.2, 0.25) is 0 Å². The third-order valence-electron chi connectivity index (χ3n) is 5.53. The van der Waals surface area contributed by atoms with Gasteiger partial charge in [-0.1, -0.05) is 0 Å². The normalized spacial score (nSPS) is 14.4. The Balaban J connectivity index is 1.44. The number of aromatic amines is 1. The molecule has 0 spiro atoms. The number of benzene rings is 2. The highest BCUT2D eigenvalue weighted by atomic mass is 16.5. The van der Waals surface area contributed by atoms with E-state index in [1.807, 2.05) is 37.3 Å². The van der Waals surface area contributed by atoms with Crippen LogP contribution >= 0.6 is 0 Å². The van der Waals surface area contributed by atoms with Gasteiger partial charge in [0.05, 0.1) is 43.5 Å². The van der Waals surface area contributed by atoms with Crippen LogP contribution in [0.25, 0.3) is 22.4 Å². The van der Waals surface area contributed by atoms with Gasteiger partial charge in [-0.25, -0.2) is 4.98 Å². The highest BCUT2D eigenvalue weighted by molar-refractivity contribution is 5.95. The van der Waals surface area contributed by atoms with Gasteiger partial charge < -0.3 is 24.5 Å². The van der Waals surface area contributed by atoms with Crippen molar-refractivity contribution in [3.05, 3.63) is 42.0 Å². The first kappa shape index (κ1) is 22.1. The molecule has 8 heteroatoms. The molecule has 8 nitrogen and oxygen atoms in total. The van der Waals surface area contributed by atoms with Gasteiger partial charge in [0, 0.05) is 31.3 Å².